The van der Waals surface area contributed by atoms with Gasteiger partial charge < -0.3 is 35.4 Å². The third kappa shape index (κ3) is 13.3. The van der Waals surface area contributed by atoms with Gasteiger partial charge in [0.25, 0.3) is 0 Å². The Morgan fingerprint density at radius 3 is 1.22 bits per heavy atom. The number of carbonyl (C=O) groups is 4. The lowest BCUT2D eigenvalue weighted by atomic mass is 10.1. The van der Waals surface area contributed by atoms with E-state index in [1.54, 1.807) is 91.0 Å². The highest BCUT2D eigenvalue weighted by atomic mass is 17.2. The van der Waals surface area contributed by atoms with Crippen LogP contribution in [0.4, 0.5) is 0 Å². The van der Waals surface area contributed by atoms with E-state index in [0.29, 0.717) is 16.7 Å². The molecule has 13 nitrogen and oxygen atoms in total. The van der Waals surface area contributed by atoms with Gasteiger partial charge in [0.05, 0.1) is 23.3 Å². The van der Waals surface area contributed by atoms with E-state index >= 15 is 0 Å². The number of aromatic carboxylic acids is 3. The fraction of sp³-hybridized carbons (Fsp3) is 0.214. The summed E-state index contributed by atoms with van der Waals surface area (Å²) in [5.41, 5.74) is 0.993. The monoisotopic (exact) mass is 574 g/mol. The van der Waals surface area contributed by atoms with E-state index < -0.39 is 55.1 Å². The maximum Gasteiger partial charge on any atom is 0.339 e. The first-order valence-electron chi connectivity index (χ1n) is 11.8. The van der Waals surface area contributed by atoms with Crippen LogP contribution < -0.4 is 0 Å². The molecule has 41 heavy (non-hydrogen) atoms. The van der Waals surface area contributed by atoms with Crippen LogP contribution in [0.3, 0.4) is 0 Å². The Morgan fingerprint density at radius 2 is 1.00 bits per heavy atom. The van der Waals surface area contributed by atoms with E-state index in [1.165, 1.54) is 0 Å². The van der Waals surface area contributed by atoms with Gasteiger partial charge in [0, 0.05) is 6.92 Å². The third-order valence-electron chi connectivity index (χ3n) is 4.82. The molecule has 0 amide bonds. The highest BCUT2D eigenvalue weighted by Gasteiger charge is 2.44. The molecule has 1 unspecified atom stereocenters. The van der Waals surface area contributed by atoms with E-state index in [-0.39, 0.29) is 0 Å². The molecule has 3 aromatic rings. The molecule has 0 bridgehead atoms. The molecule has 1 aliphatic rings. The number of rotatable bonds is 6. The van der Waals surface area contributed by atoms with Crippen molar-refractivity contribution >= 4 is 23.9 Å². The summed E-state index contributed by atoms with van der Waals surface area (Å²) >= 11 is 0. The Labute approximate surface area is 234 Å². The highest BCUT2D eigenvalue weighted by Crippen LogP contribution is 2.21. The average Bonchev–Trinajstić information content (AvgIpc) is 3.26. The van der Waals surface area contributed by atoms with Crippen LogP contribution in [-0.2, 0) is 19.3 Å². The van der Waals surface area contributed by atoms with Gasteiger partial charge >= 0.3 is 23.9 Å². The van der Waals surface area contributed by atoms with Gasteiger partial charge in [0.2, 0.25) is 6.29 Å². The van der Waals surface area contributed by atoms with Crippen LogP contribution in [0.5, 0.6) is 0 Å². The van der Waals surface area contributed by atoms with Gasteiger partial charge in [-0.2, -0.15) is 0 Å². The molecular weight excluding hydrogens is 544 g/mol. The molecule has 1 saturated heterocycles. The molecule has 0 spiro atoms. The lowest BCUT2D eigenvalue weighted by Gasteiger charge is -2.12. The Hall–Kier alpha value is -4.66. The van der Waals surface area contributed by atoms with Crippen molar-refractivity contribution in [2.24, 2.45) is 0 Å². The molecule has 6 N–H and O–H groups in total. The van der Waals surface area contributed by atoms with Crippen LogP contribution in [0.1, 0.15) is 38.0 Å². The first kappa shape index (κ1) is 34.4. The van der Waals surface area contributed by atoms with Crippen molar-refractivity contribution in [1.29, 1.82) is 0 Å². The van der Waals surface area contributed by atoms with E-state index in [4.69, 9.17) is 25.2 Å². The normalized spacial score (nSPS) is 18.5. The van der Waals surface area contributed by atoms with Crippen LogP contribution in [-0.4, -0.2) is 85.7 Å². The maximum absolute atomic E-state index is 10.3. The zero-order chi connectivity index (χ0) is 30.8. The minimum atomic E-state index is -1.36. The molecule has 0 saturated carbocycles. The topological polar surface area (TPSA) is 217 Å². The lowest BCUT2D eigenvalue weighted by molar-refractivity contribution is -0.358. The highest BCUT2D eigenvalue weighted by molar-refractivity contribution is 5.88. The van der Waals surface area contributed by atoms with Crippen molar-refractivity contribution in [3.63, 3.8) is 0 Å². The quantitative estimate of drug-likeness (QED) is 0.184. The van der Waals surface area contributed by atoms with E-state index in [1.807, 2.05) is 0 Å². The number of hydrogen-bond acceptors (Lipinski definition) is 10. The molecule has 1 fully saturated rings. The number of ether oxygens (including phenoxy) is 1. The second kappa shape index (κ2) is 18.6. The summed E-state index contributed by atoms with van der Waals surface area (Å²) in [6.07, 6.45) is -4.83. The van der Waals surface area contributed by atoms with Gasteiger partial charge in [-0.1, -0.05) is 54.6 Å². The second-order valence-corrected chi connectivity index (χ2v) is 7.89. The minimum absolute atomic E-state index is 0.331. The van der Waals surface area contributed by atoms with E-state index in [0.717, 1.165) is 6.92 Å². The number of carbonyl (C=O) groups excluding carboxylic acids is 1. The fourth-order valence-electron chi connectivity index (χ4n) is 2.80. The molecule has 4 atom stereocenters. The molecule has 0 aromatic heterocycles. The predicted octanol–water partition coefficient (Wildman–Crippen LogP) is 2.07. The predicted molar refractivity (Wildman–Crippen MR) is 141 cm³/mol. The zero-order valence-corrected chi connectivity index (χ0v) is 21.7. The van der Waals surface area contributed by atoms with Gasteiger partial charge in [-0.05, 0) is 36.4 Å². The lowest BCUT2D eigenvalue weighted by Crippen LogP contribution is -2.34. The van der Waals surface area contributed by atoms with Crippen molar-refractivity contribution in [3.05, 3.63) is 108 Å². The van der Waals surface area contributed by atoms with Gasteiger partial charge in [-0.25, -0.2) is 19.2 Å². The number of hydrogen-bond donors (Lipinski definition) is 6. The standard InChI is InChI=1S/C7H12O7.3C7H6O2/c1-3(9)13-14-7-6(11)5(10)4(2-8)12-7;3*8-7(9)6-4-2-1-3-5-6/h4-8,10-11H,2H2,1H3;3*1-5H,(H,8,9)/t4-,5-,6-,7?;;;/m1.../s1. The van der Waals surface area contributed by atoms with Gasteiger partial charge in [0.1, 0.15) is 18.3 Å². The molecule has 0 radical (unpaired) electrons. The van der Waals surface area contributed by atoms with E-state index in [2.05, 4.69) is 9.78 Å². The summed E-state index contributed by atoms with van der Waals surface area (Å²) < 4.78 is 4.84. The molecule has 1 aliphatic heterocycles. The molecule has 4 rings (SSSR count). The first-order valence-corrected chi connectivity index (χ1v) is 11.8. The largest absolute Gasteiger partial charge is 0.478 e. The Bertz CT molecular complexity index is 1090. The van der Waals surface area contributed by atoms with Gasteiger partial charge in [-0.3, -0.25) is 4.89 Å². The first-order chi connectivity index (χ1) is 19.5. The minimum Gasteiger partial charge on any atom is -0.478 e. The number of carboxylic acid groups (broad SMARTS) is 3. The number of carboxylic acids is 3. The molecular formula is C28H30O13. The average molecular weight is 575 g/mol. The molecule has 0 aliphatic carbocycles. The smallest absolute Gasteiger partial charge is 0.339 e. The van der Waals surface area contributed by atoms with Crippen molar-refractivity contribution in [1.82, 2.24) is 0 Å². The van der Waals surface area contributed by atoms with E-state index in [9.17, 15) is 29.4 Å². The van der Waals surface area contributed by atoms with Gasteiger partial charge in [0.15, 0.2) is 0 Å². The number of aliphatic hydroxyl groups excluding tert-OH is 3. The Balaban J connectivity index is 0.000000279. The zero-order valence-electron chi connectivity index (χ0n) is 21.7. The number of benzene rings is 3. The van der Waals surface area contributed by atoms with Gasteiger partial charge in [-0.15, -0.1) is 4.89 Å². The molecule has 3 aromatic carbocycles. The maximum atomic E-state index is 10.3. The Morgan fingerprint density at radius 1 is 0.659 bits per heavy atom. The molecule has 220 valence electrons. The van der Waals surface area contributed by atoms with Crippen LogP contribution in [0.2, 0.25) is 0 Å². The van der Waals surface area contributed by atoms with Crippen molar-refractivity contribution < 1.29 is 64.3 Å². The summed E-state index contributed by atoms with van der Waals surface area (Å²) in [5.74, 6) is -3.34. The summed E-state index contributed by atoms with van der Waals surface area (Å²) in [5, 5.41) is 52.4. The van der Waals surface area contributed by atoms with Crippen LogP contribution in [0, 0.1) is 0 Å². The fourth-order valence-corrected chi connectivity index (χ4v) is 2.80. The summed E-state index contributed by atoms with van der Waals surface area (Å²) in [7, 11) is 0. The van der Waals surface area contributed by atoms with Crippen LogP contribution >= 0.6 is 0 Å². The van der Waals surface area contributed by atoms with Crippen molar-refractivity contribution in [3.8, 4) is 0 Å². The molecule has 13 heteroatoms. The van der Waals surface area contributed by atoms with Crippen molar-refractivity contribution in [2.45, 2.75) is 31.5 Å². The summed E-state index contributed by atoms with van der Waals surface area (Å²) in [6, 6.07) is 24.9. The van der Waals surface area contributed by atoms with Crippen molar-refractivity contribution in [2.75, 3.05) is 6.61 Å². The van der Waals surface area contributed by atoms with Crippen LogP contribution in [0.15, 0.2) is 91.0 Å². The second-order valence-electron chi connectivity index (χ2n) is 7.89. The summed E-state index contributed by atoms with van der Waals surface area (Å²) in [6.45, 7) is 0.652. The third-order valence-corrected chi connectivity index (χ3v) is 4.82. The van der Waals surface area contributed by atoms with Crippen LogP contribution in [0.25, 0.3) is 0 Å². The summed E-state index contributed by atoms with van der Waals surface area (Å²) in [4.78, 5) is 49.5. The SMILES string of the molecule is CC(=O)OOC1O[C@H](CO)[C@@H](O)[C@H]1O.O=C(O)c1ccccc1.O=C(O)c1ccccc1.O=C(O)c1ccccc1. The molecule has 1 heterocycles. The number of aliphatic hydroxyl groups is 3. The Kier molecular flexibility index (Phi) is 15.6.